The SMILES string of the molecule is CCCC(C)C(=O)c1ncccc1C. The molecule has 0 aromatic carbocycles. The predicted octanol–water partition coefficient (Wildman–Crippen LogP) is 3.01. The van der Waals surface area contributed by atoms with Gasteiger partial charge < -0.3 is 0 Å². The first-order valence-electron chi connectivity index (χ1n) is 5.12. The summed E-state index contributed by atoms with van der Waals surface area (Å²) in [5.41, 5.74) is 1.61. The zero-order chi connectivity index (χ0) is 10.6. The van der Waals surface area contributed by atoms with Crippen LogP contribution in [0.5, 0.6) is 0 Å². The van der Waals surface area contributed by atoms with Crippen LogP contribution < -0.4 is 0 Å². The van der Waals surface area contributed by atoms with Gasteiger partial charge in [-0.05, 0) is 25.0 Å². The minimum atomic E-state index is 0.0913. The quantitative estimate of drug-likeness (QED) is 0.685. The third-order valence-corrected chi connectivity index (χ3v) is 2.41. The van der Waals surface area contributed by atoms with Crippen molar-refractivity contribution in [1.82, 2.24) is 4.98 Å². The number of hydrogen-bond acceptors (Lipinski definition) is 2. The van der Waals surface area contributed by atoms with E-state index >= 15 is 0 Å². The van der Waals surface area contributed by atoms with Crippen molar-refractivity contribution in [2.24, 2.45) is 5.92 Å². The minimum Gasteiger partial charge on any atom is -0.292 e. The van der Waals surface area contributed by atoms with Crippen LogP contribution in [0.4, 0.5) is 0 Å². The molecule has 0 N–H and O–H groups in total. The number of ketones is 1. The van der Waals surface area contributed by atoms with E-state index in [1.807, 2.05) is 26.0 Å². The van der Waals surface area contributed by atoms with Gasteiger partial charge in [-0.3, -0.25) is 9.78 Å². The molecule has 2 nitrogen and oxygen atoms in total. The van der Waals surface area contributed by atoms with E-state index in [2.05, 4.69) is 11.9 Å². The van der Waals surface area contributed by atoms with Gasteiger partial charge in [-0.1, -0.05) is 26.3 Å². The average molecular weight is 191 g/mol. The molecule has 0 fully saturated rings. The fourth-order valence-electron chi connectivity index (χ4n) is 1.54. The predicted molar refractivity (Wildman–Crippen MR) is 57.4 cm³/mol. The van der Waals surface area contributed by atoms with E-state index in [0.29, 0.717) is 5.69 Å². The molecule has 0 spiro atoms. The number of carbonyl (C=O) groups is 1. The number of carbonyl (C=O) groups excluding carboxylic acids is 1. The van der Waals surface area contributed by atoms with Crippen LogP contribution in [0.1, 0.15) is 42.7 Å². The smallest absolute Gasteiger partial charge is 0.184 e. The first-order valence-corrected chi connectivity index (χ1v) is 5.12. The maximum Gasteiger partial charge on any atom is 0.184 e. The van der Waals surface area contributed by atoms with Crippen LogP contribution in [0.2, 0.25) is 0 Å². The summed E-state index contributed by atoms with van der Waals surface area (Å²) in [6.07, 6.45) is 3.66. The summed E-state index contributed by atoms with van der Waals surface area (Å²) in [5.74, 6) is 0.263. The third-order valence-electron chi connectivity index (χ3n) is 2.41. The summed E-state index contributed by atoms with van der Waals surface area (Å²) in [5, 5.41) is 0. The molecule has 0 radical (unpaired) electrons. The normalized spacial score (nSPS) is 12.5. The van der Waals surface area contributed by atoms with Crippen molar-refractivity contribution in [3.63, 3.8) is 0 Å². The molecule has 2 heteroatoms. The number of aryl methyl sites for hydroxylation is 1. The third kappa shape index (κ3) is 2.41. The van der Waals surface area contributed by atoms with Gasteiger partial charge in [0.15, 0.2) is 5.78 Å². The van der Waals surface area contributed by atoms with Gasteiger partial charge in [-0.2, -0.15) is 0 Å². The summed E-state index contributed by atoms with van der Waals surface area (Å²) >= 11 is 0. The van der Waals surface area contributed by atoms with Crippen molar-refractivity contribution in [3.8, 4) is 0 Å². The first-order chi connectivity index (χ1) is 6.66. The topological polar surface area (TPSA) is 30.0 Å². The van der Waals surface area contributed by atoms with Gasteiger partial charge in [0, 0.05) is 12.1 Å². The molecular weight excluding hydrogens is 174 g/mol. The maximum absolute atomic E-state index is 11.9. The van der Waals surface area contributed by atoms with Gasteiger partial charge in [0.05, 0.1) is 0 Å². The summed E-state index contributed by atoms with van der Waals surface area (Å²) in [4.78, 5) is 16.0. The van der Waals surface area contributed by atoms with Crippen molar-refractivity contribution >= 4 is 5.78 Å². The molecule has 0 saturated carbocycles. The Morgan fingerprint density at radius 3 is 2.86 bits per heavy atom. The molecule has 1 unspecified atom stereocenters. The Morgan fingerprint density at radius 2 is 2.29 bits per heavy atom. The van der Waals surface area contributed by atoms with Crippen molar-refractivity contribution in [2.75, 3.05) is 0 Å². The number of Topliss-reactive ketones (excluding diaryl/α,β-unsaturated/α-hetero) is 1. The number of aromatic nitrogens is 1. The lowest BCUT2D eigenvalue weighted by atomic mass is 9.96. The lowest BCUT2D eigenvalue weighted by Gasteiger charge is -2.09. The van der Waals surface area contributed by atoms with Crippen LogP contribution in [0, 0.1) is 12.8 Å². The van der Waals surface area contributed by atoms with Gasteiger partial charge in [0.2, 0.25) is 0 Å². The summed E-state index contributed by atoms with van der Waals surface area (Å²) in [7, 11) is 0. The van der Waals surface area contributed by atoms with E-state index in [1.165, 1.54) is 0 Å². The molecule has 0 saturated heterocycles. The lowest BCUT2D eigenvalue weighted by molar-refractivity contribution is 0.0918. The Kier molecular flexibility index (Phi) is 3.81. The Morgan fingerprint density at radius 1 is 1.57 bits per heavy atom. The highest BCUT2D eigenvalue weighted by Gasteiger charge is 2.16. The van der Waals surface area contributed by atoms with Gasteiger partial charge in [0.1, 0.15) is 5.69 Å². The Hall–Kier alpha value is -1.18. The molecule has 1 aromatic heterocycles. The molecule has 1 rings (SSSR count). The maximum atomic E-state index is 11.9. The van der Waals surface area contributed by atoms with Gasteiger partial charge in [-0.15, -0.1) is 0 Å². The standard InChI is InChI=1S/C12H17NO/c1-4-6-10(3)12(14)11-9(2)7-5-8-13-11/h5,7-8,10H,4,6H2,1-3H3. The lowest BCUT2D eigenvalue weighted by Crippen LogP contribution is -2.14. The largest absolute Gasteiger partial charge is 0.292 e. The van der Waals surface area contributed by atoms with Crippen molar-refractivity contribution in [1.29, 1.82) is 0 Å². The molecule has 76 valence electrons. The van der Waals surface area contributed by atoms with E-state index in [0.717, 1.165) is 18.4 Å². The van der Waals surface area contributed by atoms with Gasteiger partial charge in [0.25, 0.3) is 0 Å². The highest BCUT2D eigenvalue weighted by atomic mass is 16.1. The van der Waals surface area contributed by atoms with E-state index in [4.69, 9.17) is 0 Å². The fourth-order valence-corrected chi connectivity index (χ4v) is 1.54. The first kappa shape index (κ1) is 10.9. The second-order valence-corrected chi connectivity index (χ2v) is 3.72. The Labute approximate surface area is 85.4 Å². The molecule has 0 aliphatic carbocycles. The second-order valence-electron chi connectivity index (χ2n) is 3.72. The molecule has 14 heavy (non-hydrogen) atoms. The molecular formula is C12H17NO. The summed E-state index contributed by atoms with van der Waals surface area (Å²) < 4.78 is 0. The number of rotatable bonds is 4. The molecule has 0 amide bonds. The molecule has 1 heterocycles. The van der Waals surface area contributed by atoms with E-state index in [-0.39, 0.29) is 11.7 Å². The van der Waals surface area contributed by atoms with E-state index < -0.39 is 0 Å². The van der Waals surface area contributed by atoms with Crippen molar-refractivity contribution in [2.45, 2.75) is 33.6 Å². The van der Waals surface area contributed by atoms with E-state index in [1.54, 1.807) is 6.20 Å². The monoisotopic (exact) mass is 191 g/mol. The molecule has 0 aliphatic heterocycles. The van der Waals surface area contributed by atoms with Crippen LogP contribution in [0.25, 0.3) is 0 Å². The number of nitrogens with zero attached hydrogens (tertiary/aromatic N) is 1. The second kappa shape index (κ2) is 4.89. The van der Waals surface area contributed by atoms with Crippen LogP contribution in [-0.4, -0.2) is 10.8 Å². The van der Waals surface area contributed by atoms with E-state index in [9.17, 15) is 4.79 Å². The minimum absolute atomic E-state index is 0.0913. The van der Waals surface area contributed by atoms with Crippen LogP contribution in [0.15, 0.2) is 18.3 Å². The Balaban J connectivity index is 2.84. The highest BCUT2D eigenvalue weighted by molar-refractivity contribution is 5.97. The van der Waals surface area contributed by atoms with Crippen molar-refractivity contribution < 1.29 is 4.79 Å². The molecule has 1 atom stereocenters. The molecule has 1 aromatic rings. The zero-order valence-electron chi connectivity index (χ0n) is 9.08. The number of pyridine rings is 1. The van der Waals surface area contributed by atoms with Crippen molar-refractivity contribution in [3.05, 3.63) is 29.6 Å². The number of hydrogen-bond donors (Lipinski definition) is 0. The van der Waals surface area contributed by atoms with Crippen LogP contribution >= 0.6 is 0 Å². The molecule has 0 bridgehead atoms. The van der Waals surface area contributed by atoms with Crippen LogP contribution in [-0.2, 0) is 0 Å². The highest BCUT2D eigenvalue weighted by Crippen LogP contribution is 2.14. The van der Waals surface area contributed by atoms with Crippen LogP contribution in [0.3, 0.4) is 0 Å². The average Bonchev–Trinajstić information content (AvgIpc) is 2.18. The fraction of sp³-hybridized carbons (Fsp3) is 0.500. The summed E-state index contributed by atoms with van der Waals surface area (Å²) in [6, 6.07) is 3.79. The molecule has 0 aliphatic rings. The van der Waals surface area contributed by atoms with Gasteiger partial charge >= 0.3 is 0 Å². The van der Waals surface area contributed by atoms with Gasteiger partial charge in [-0.25, -0.2) is 0 Å². The zero-order valence-corrected chi connectivity index (χ0v) is 9.08. The Bertz CT molecular complexity index is 320. The summed E-state index contributed by atoms with van der Waals surface area (Å²) in [6.45, 7) is 5.99.